The summed E-state index contributed by atoms with van der Waals surface area (Å²) in [5.41, 5.74) is 4.89. The van der Waals surface area contributed by atoms with Gasteiger partial charge in [-0.1, -0.05) is 40.0 Å². The van der Waals surface area contributed by atoms with Crippen LogP contribution in [0.4, 0.5) is 0 Å². The summed E-state index contributed by atoms with van der Waals surface area (Å²) >= 11 is 0. The second-order valence-electron chi connectivity index (χ2n) is 6.35. The summed E-state index contributed by atoms with van der Waals surface area (Å²) in [5.74, 6) is -0.170. The molecule has 0 bridgehead atoms. The molecule has 0 heterocycles. The maximum atomic E-state index is 11.8. The van der Waals surface area contributed by atoms with Gasteiger partial charge in [0.15, 0.2) is 0 Å². The van der Waals surface area contributed by atoms with Gasteiger partial charge < -0.3 is 16.2 Å². The molecule has 1 atom stereocenters. The summed E-state index contributed by atoms with van der Waals surface area (Å²) < 4.78 is 0. The van der Waals surface area contributed by atoms with Crippen molar-refractivity contribution in [1.82, 2.24) is 5.32 Å². The molecule has 0 saturated heterocycles. The third-order valence-corrected chi connectivity index (χ3v) is 3.59. The van der Waals surface area contributed by atoms with Gasteiger partial charge in [0.2, 0.25) is 5.91 Å². The Labute approximate surface area is 104 Å². The molecule has 0 radical (unpaired) electrons. The summed E-state index contributed by atoms with van der Waals surface area (Å²) in [5, 5.41) is 13.0. The van der Waals surface area contributed by atoms with Gasteiger partial charge in [-0.05, 0) is 18.3 Å². The van der Waals surface area contributed by atoms with E-state index in [0.717, 1.165) is 25.7 Å². The van der Waals surface area contributed by atoms with E-state index >= 15 is 0 Å². The average Bonchev–Trinajstić information content (AvgIpc) is 2.25. The first kappa shape index (κ1) is 14.5. The van der Waals surface area contributed by atoms with Crippen LogP contribution in [0.25, 0.3) is 0 Å². The lowest BCUT2D eigenvalue weighted by atomic mass is 9.84. The first-order valence-corrected chi connectivity index (χ1v) is 6.50. The minimum Gasteiger partial charge on any atom is -0.388 e. The van der Waals surface area contributed by atoms with Crippen LogP contribution in [-0.2, 0) is 4.79 Å². The van der Waals surface area contributed by atoms with E-state index in [9.17, 15) is 9.90 Å². The second kappa shape index (κ2) is 5.36. The van der Waals surface area contributed by atoms with Gasteiger partial charge in [-0.15, -0.1) is 0 Å². The highest BCUT2D eigenvalue weighted by atomic mass is 16.3. The van der Waals surface area contributed by atoms with Crippen molar-refractivity contribution in [3.05, 3.63) is 0 Å². The van der Waals surface area contributed by atoms with Crippen LogP contribution in [0.1, 0.15) is 52.9 Å². The van der Waals surface area contributed by atoms with Crippen molar-refractivity contribution in [2.24, 2.45) is 11.1 Å². The predicted octanol–water partition coefficient (Wildman–Crippen LogP) is 1.17. The van der Waals surface area contributed by atoms with E-state index in [0.29, 0.717) is 6.54 Å². The number of aliphatic hydroxyl groups is 1. The van der Waals surface area contributed by atoms with Gasteiger partial charge in [-0.25, -0.2) is 0 Å². The van der Waals surface area contributed by atoms with E-state index in [4.69, 9.17) is 5.73 Å². The van der Waals surface area contributed by atoms with E-state index in [-0.39, 0.29) is 11.3 Å². The van der Waals surface area contributed by atoms with Crippen LogP contribution >= 0.6 is 0 Å². The van der Waals surface area contributed by atoms with Gasteiger partial charge in [-0.2, -0.15) is 0 Å². The molecule has 0 unspecified atom stereocenters. The fourth-order valence-electron chi connectivity index (χ4n) is 2.14. The quantitative estimate of drug-likeness (QED) is 0.695. The third kappa shape index (κ3) is 4.28. The molecule has 4 heteroatoms. The lowest BCUT2D eigenvalue weighted by Crippen LogP contribution is -2.52. The second-order valence-corrected chi connectivity index (χ2v) is 6.35. The molecule has 0 aromatic rings. The maximum absolute atomic E-state index is 11.8. The van der Waals surface area contributed by atoms with Gasteiger partial charge in [0, 0.05) is 6.54 Å². The zero-order valence-electron chi connectivity index (χ0n) is 11.3. The lowest BCUT2D eigenvalue weighted by molar-refractivity contribution is -0.126. The van der Waals surface area contributed by atoms with Gasteiger partial charge in [0.1, 0.15) is 0 Å². The fraction of sp³-hybridized carbons (Fsp3) is 0.923. The summed E-state index contributed by atoms with van der Waals surface area (Å²) in [6.07, 6.45) is 4.81. The zero-order valence-corrected chi connectivity index (χ0v) is 11.3. The molecule has 1 saturated carbocycles. The van der Waals surface area contributed by atoms with E-state index < -0.39 is 11.6 Å². The van der Waals surface area contributed by atoms with Crippen LogP contribution in [0.15, 0.2) is 0 Å². The Morgan fingerprint density at radius 1 is 1.35 bits per heavy atom. The molecule has 1 amide bonds. The van der Waals surface area contributed by atoms with Crippen molar-refractivity contribution < 1.29 is 9.90 Å². The number of hydrogen-bond acceptors (Lipinski definition) is 3. The molecule has 1 fully saturated rings. The average molecular weight is 242 g/mol. The molecule has 17 heavy (non-hydrogen) atoms. The Bertz CT molecular complexity index is 265. The van der Waals surface area contributed by atoms with Gasteiger partial charge in [0.05, 0.1) is 11.6 Å². The molecule has 0 aromatic carbocycles. The summed E-state index contributed by atoms with van der Waals surface area (Å²) in [6, 6.07) is -0.533. The smallest absolute Gasteiger partial charge is 0.237 e. The van der Waals surface area contributed by atoms with Crippen molar-refractivity contribution in [2.75, 3.05) is 6.54 Å². The van der Waals surface area contributed by atoms with Gasteiger partial charge in [-0.3, -0.25) is 4.79 Å². The predicted molar refractivity (Wildman–Crippen MR) is 68.5 cm³/mol. The summed E-state index contributed by atoms with van der Waals surface area (Å²) in [6.45, 7) is 6.14. The first-order chi connectivity index (χ1) is 7.75. The topological polar surface area (TPSA) is 75.4 Å². The minimum absolute atomic E-state index is 0.170. The standard InChI is InChI=1S/C13H26N2O2/c1-12(2,3)10(14)11(16)15-9-13(17)7-5-4-6-8-13/h10,17H,4-9,14H2,1-3H3,(H,15,16)/t10-/m1/s1. The summed E-state index contributed by atoms with van der Waals surface area (Å²) in [7, 11) is 0. The SMILES string of the molecule is CC(C)(C)[C@H](N)C(=O)NCC1(O)CCCCC1. The normalized spacial score (nSPS) is 21.9. The number of nitrogens with one attached hydrogen (secondary N) is 1. The first-order valence-electron chi connectivity index (χ1n) is 6.50. The number of carbonyl (C=O) groups excluding carboxylic acids is 1. The molecular weight excluding hydrogens is 216 g/mol. The van der Waals surface area contributed by atoms with Crippen LogP contribution in [0, 0.1) is 5.41 Å². The van der Waals surface area contributed by atoms with Crippen molar-refractivity contribution >= 4 is 5.91 Å². The largest absolute Gasteiger partial charge is 0.388 e. The summed E-state index contributed by atoms with van der Waals surface area (Å²) in [4.78, 5) is 11.8. The van der Waals surface area contributed by atoms with Crippen molar-refractivity contribution in [1.29, 1.82) is 0 Å². The lowest BCUT2D eigenvalue weighted by Gasteiger charge is -2.33. The van der Waals surface area contributed by atoms with E-state index in [1.807, 2.05) is 20.8 Å². The Morgan fingerprint density at radius 3 is 2.35 bits per heavy atom. The highest BCUT2D eigenvalue weighted by Gasteiger charge is 2.32. The van der Waals surface area contributed by atoms with Crippen molar-refractivity contribution in [2.45, 2.75) is 64.5 Å². The molecule has 0 aliphatic heterocycles. The molecule has 0 aromatic heterocycles. The van der Waals surface area contributed by atoms with Gasteiger partial charge in [0.25, 0.3) is 0 Å². The van der Waals surface area contributed by atoms with Crippen molar-refractivity contribution in [3.63, 3.8) is 0 Å². The third-order valence-electron chi connectivity index (χ3n) is 3.59. The Kier molecular flexibility index (Phi) is 4.55. The highest BCUT2D eigenvalue weighted by molar-refractivity contribution is 5.82. The van der Waals surface area contributed by atoms with E-state index in [1.54, 1.807) is 0 Å². The molecule has 1 aliphatic carbocycles. The molecule has 4 nitrogen and oxygen atoms in total. The molecule has 100 valence electrons. The molecule has 0 spiro atoms. The van der Waals surface area contributed by atoms with Crippen LogP contribution in [0.3, 0.4) is 0 Å². The monoisotopic (exact) mass is 242 g/mol. The van der Waals surface area contributed by atoms with E-state index in [2.05, 4.69) is 5.32 Å². The molecule has 1 rings (SSSR count). The van der Waals surface area contributed by atoms with Crippen molar-refractivity contribution in [3.8, 4) is 0 Å². The van der Waals surface area contributed by atoms with Crippen LogP contribution in [0.5, 0.6) is 0 Å². The Balaban J connectivity index is 2.42. The Morgan fingerprint density at radius 2 is 1.88 bits per heavy atom. The molecular formula is C13H26N2O2. The fourth-order valence-corrected chi connectivity index (χ4v) is 2.14. The van der Waals surface area contributed by atoms with E-state index in [1.165, 1.54) is 6.42 Å². The number of nitrogens with two attached hydrogens (primary N) is 1. The maximum Gasteiger partial charge on any atom is 0.237 e. The highest BCUT2D eigenvalue weighted by Crippen LogP contribution is 2.27. The zero-order chi connectivity index (χ0) is 13.1. The number of rotatable bonds is 3. The van der Waals surface area contributed by atoms with Crippen LogP contribution in [0.2, 0.25) is 0 Å². The van der Waals surface area contributed by atoms with Crippen LogP contribution in [-0.4, -0.2) is 29.2 Å². The number of hydrogen-bond donors (Lipinski definition) is 3. The van der Waals surface area contributed by atoms with Gasteiger partial charge >= 0.3 is 0 Å². The molecule has 4 N–H and O–H groups in total. The Hall–Kier alpha value is -0.610. The van der Waals surface area contributed by atoms with Crippen LogP contribution < -0.4 is 11.1 Å². The number of carbonyl (C=O) groups is 1. The minimum atomic E-state index is -0.717. The molecule has 1 aliphatic rings. The number of amides is 1.